The van der Waals surface area contributed by atoms with Gasteiger partial charge in [0, 0.05) is 38.9 Å². The number of halogens is 2. The predicted molar refractivity (Wildman–Crippen MR) is 184 cm³/mol. The molecule has 1 saturated heterocycles. The monoisotopic (exact) mass is 714 g/mol. The normalized spacial score (nSPS) is 25.1. The molecule has 262 valence electrons. The maximum atomic E-state index is 15.8. The zero-order valence-corrected chi connectivity index (χ0v) is 29.9. The van der Waals surface area contributed by atoms with E-state index in [1.807, 2.05) is 6.92 Å². The molecule has 16 heteroatoms. The highest BCUT2D eigenvalue weighted by Gasteiger charge is 2.72. The molecule has 0 aromatic carbocycles. The lowest BCUT2D eigenvalue weighted by molar-refractivity contribution is -0.139. The van der Waals surface area contributed by atoms with Crippen molar-refractivity contribution in [2.45, 2.75) is 62.3 Å². The number of rotatable bonds is 11. The van der Waals surface area contributed by atoms with E-state index < -0.39 is 42.1 Å². The lowest BCUT2D eigenvalue weighted by Gasteiger charge is -2.40. The van der Waals surface area contributed by atoms with Gasteiger partial charge < -0.3 is 24.2 Å². The molecule has 4 atom stereocenters. The number of aromatic nitrogens is 3. The zero-order valence-electron chi connectivity index (χ0n) is 28.1. The van der Waals surface area contributed by atoms with Gasteiger partial charge in [-0.1, -0.05) is 37.3 Å². The van der Waals surface area contributed by atoms with Crippen molar-refractivity contribution in [3.8, 4) is 18.2 Å². The molecule has 0 radical (unpaired) electrons. The average molecular weight is 715 g/mol. The Labute approximate surface area is 289 Å². The van der Waals surface area contributed by atoms with Crippen LogP contribution in [0.1, 0.15) is 37.1 Å². The lowest BCUT2D eigenvalue weighted by Crippen LogP contribution is -2.54. The van der Waals surface area contributed by atoms with Crippen molar-refractivity contribution in [1.82, 2.24) is 24.8 Å². The van der Waals surface area contributed by atoms with Crippen LogP contribution in [0.3, 0.4) is 0 Å². The fraction of sp³-hybridized carbons (Fsp3) is 0.515. The lowest BCUT2D eigenvalue weighted by atomic mass is 9.86. The molecular weight excluding hydrogens is 675 g/mol. The van der Waals surface area contributed by atoms with Crippen LogP contribution < -0.4 is 4.74 Å². The second-order valence-corrected chi connectivity index (χ2v) is 20.5. The molecule has 2 amide bonds. The summed E-state index contributed by atoms with van der Waals surface area (Å²) in [5.41, 5.74) is -1.35. The highest BCUT2D eigenvalue weighted by molar-refractivity contribution is 8.16. The number of carboxylic acid groups (broad SMARTS) is 1. The van der Waals surface area contributed by atoms with E-state index in [1.54, 1.807) is 11.8 Å². The molecule has 1 N–H and O–H groups in total. The van der Waals surface area contributed by atoms with Crippen LogP contribution in [0.15, 0.2) is 29.6 Å². The summed E-state index contributed by atoms with van der Waals surface area (Å²) in [5.74, 6) is 0.0900. The van der Waals surface area contributed by atoms with Crippen molar-refractivity contribution in [2.24, 2.45) is 10.9 Å². The van der Waals surface area contributed by atoms with E-state index in [0.29, 0.717) is 32.8 Å². The Hall–Kier alpha value is -3.91. The summed E-state index contributed by atoms with van der Waals surface area (Å²) in [6.45, 7) is 11.2. The van der Waals surface area contributed by atoms with Gasteiger partial charge in [-0.25, -0.2) is 29.0 Å². The molecule has 2 aromatic heterocycles. The largest absolute Gasteiger partial charge is 0.465 e. The number of ether oxygens (including phenoxy) is 3. The van der Waals surface area contributed by atoms with Crippen molar-refractivity contribution in [3.05, 3.63) is 47.4 Å². The molecule has 2 aromatic rings. The molecule has 4 heterocycles. The molecule has 1 unspecified atom stereocenters. The number of amides is 2. The van der Waals surface area contributed by atoms with Crippen LogP contribution in [0, 0.1) is 24.2 Å². The number of nitrogens with zero attached hydrogens (tertiary/aromatic N) is 6. The van der Waals surface area contributed by atoms with Gasteiger partial charge in [-0.2, -0.15) is 4.39 Å². The van der Waals surface area contributed by atoms with Gasteiger partial charge in [-0.05, 0) is 44.0 Å². The minimum atomic E-state index is -1.46. The van der Waals surface area contributed by atoms with E-state index >= 15 is 8.78 Å². The number of hydrogen-bond acceptors (Lipinski definition) is 10. The highest BCUT2D eigenvalue weighted by Crippen LogP contribution is 2.67. The molecule has 2 fully saturated rings. The number of fused-ring (bicyclic) bond motifs is 1. The number of morpholine rings is 1. The number of hydrogen-bond donors (Lipinski definition) is 1. The molecule has 0 spiro atoms. The van der Waals surface area contributed by atoms with Crippen LogP contribution in [0.2, 0.25) is 25.7 Å². The maximum Gasteiger partial charge on any atom is 0.415 e. The van der Waals surface area contributed by atoms with Gasteiger partial charge in [0.25, 0.3) is 0 Å². The zero-order chi connectivity index (χ0) is 35.6. The van der Waals surface area contributed by atoms with Gasteiger partial charge in [-0.15, -0.1) is 6.42 Å². The van der Waals surface area contributed by atoms with E-state index in [9.17, 15) is 14.7 Å². The average Bonchev–Trinajstić information content (AvgIpc) is 3.81. The summed E-state index contributed by atoms with van der Waals surface area (Å²) in [7, 11) is -1.46. The first-order valence-corrected chi connectivity index (χ1v) is 20.4. The van der Waals surface area contributed by atoms with Crippen LogP contribution >= 0.6 is 11.8 Å². The third-order valence-electron chi connectivity index (χ3n) is 8.73. The van der Waals surface area contributed by atoms with Crippen molar-refractivity contribution >= 4 is 48.9 Å². The van der Waals surface area contributed by atoms with E-state index in [2.05, 4.69) is 40.5 Å². The summed E-state index contributed by atoms with van der Waals surface area (Å²) in [4.78, 5) is 46.4. The maximum absolute atomic E-state index is 15.8. The summed E-state index contributed by atoms with van der Waals surface area (Å²) in [6.07, 6.45) is 8.87. The Bertz CT molecular complexity index is 1680. The SMILES string of the molecule is C#CCOc1cnc(/C(F)=C/c2cnc(F)c([C@@]3(C)N=C(N(COCC[Si](C)(C)C)C(=O)O)S[C@@]4(C(=O)N5CCOCC5C)C[C@H]43)c2)cn1. The molecule has 2 aliphatic heterocycles. The Morgan fingerprint density at radius 2 is 2.06 bits per heavy atom. The number of pyridine rings is 1. The first-order chi connectivity index (χ1) is 23.2. The Morgan fingerprint density at radius 1 is 1.29 bits per heavy atom. The minimum Gasteiger partial charge on any atom is -0.465 e. The second kappa shape index (κ2) is 14.5. The summed E-state index contributed by atoms with van der Waals surface area (Å²) < 4.78 is 46.5. The highest BCUT2D eigenvalue weighted by atomic mass is 32.2. The molecule has 0 bridgehead atoms. The molecule has 5 rings (SSSR count). The molecule has 1 saturated carbocycles. The third kappa shape index (κ3) is 7.95. The number of carbonyl (C=O) groups excluding carboxylic acids is 1. The Morgan fingerprint density at radius 3 is 2.71 bits per heavy atom. The first-order valence-electron chi connectivity index (χ1n) is 15.9. The van der Waals surface area contributed by atoms with Crippen LogP contribution in [0.25, 0.3) is 11.9 Å². The summed E-state index contributed by atoms with van der Waals surface area (Å²) in [5, 5.41) is 10.3. The topological polar surface area (TPSA) is 140 Å². The van der Waals surface area contributed by atoms with Crippen molar-refractivity contribution in [2.75, 3.05) is 39.7 Å². The van der Waals surface area contributed by atoms with Crippen molar-refractivity contribution in [3.63, 3.8) is 0 Å². The minimum absolute atomic E-state index is 0.00402. The summed E-state index contributed by atoms with van der Waals surface area (Å²) >= 11 is 1.07. The van der Waals surface area contributed by atoms with E-state index in [4.69, 9.17) is 25.6 Å². The van der Waals surface area contributed by atoms with Gasteiger partial charge in [0.2, 0.25) is 17.7 Å². The van der Waals surface area contributed by atoms with Gasteiger partial charge in [0.05, 0.1) is 37.2 Å². The molecule has 3 aliphatic rings. The number of carbonyl (C=O) groups is 2. The fourth-order valence-corrected chi connectivity index (χ4v) is 8.25. The van der Waals surface area contributed by atoms with Gasteiger partial charge in [-0.3, -0.25) is 9.79 Å². The molecule has 49 heavy (non-hydrogen) atoms. The molecule has 12 nitrogen and oxygen atoms in total. The van der Waals surface area contributed by atoms with E-state index in [-0.39, 0.29) is 53.2 Å². The number of amidine groups is 1. The van der Waals surface area contributed by atoms with Crippen LogP contribution in [-0.4, -0.2) is 106 Å². The number of aliphatic imine (C=N–C) groups is 1. The summed E-state index contributed by atoms with van der Waals surface area (Å²) in [6, 6.07) is 2.03. The second-order valence-electron chi connectivity index (χ2n) is 13.6. The van der Waals surface area contributed by atoms with Crippen LogP contribution in [0.4, 0.5) is 13.6 Å². The Kier molecular flexibility index (Phi) is 10.8. The number of thioether (sulfide) groups is 1. The van der Waals surface area contributed by atoms with Crippen LogP contribution in [-0.2, 0) is 19.8 Å². The third-order valence-corrected chi connectivity index (χ3v) is 11.9. The van der Waals surface area contributed by atoms with Crippen LogP contribution in [0.5, 0.6) is 5.88 Å². The van der Waals surface area contributed by atoms with Gasteiger partial charge >= 0.3 is 6.09 Å². The van der Waals surface area contributed by atoms with Gasteiger partial charge in [0.1, 0.15) is 17.2 Å². The standard InChI is InChI=1S/C33H40F2N6O6SSi/c1-7-9-47-27-18-36-25(17-37-27)24(34)14-22-13-23(28(35)38-16-22)32(3)26-15-33(26,29(42)40-8-10-45-19-21(40)2)48-30(39-32)41(31(43)44)20-46-11-12-49(4,5)6/h1,13-14,16-18,21,26H,8-12,15,19-20H2,2-6H3,(H,43,44)/b24-14-/t21?,26-,32+,33-/m0/s1. The molecular formula is C33H40F2N6O6SSi. The number of terminal acetylenes is 1. The predicted octanol–water partition coefficient (Wildman–Crippen LogP) is 5.11. The Balaban J connectivity index is 1.51. The van der Waals surface area contributed by atoms with E-state index in [0.717, 1.165) is 28.8 Å². The first kappa shape index (κ1) is 36.4. The van der Waals surface area contributed by atoms with E-state index in [1.165, 1.54) is 24.7 Å². The van der Waals surface area contributed by atoms with Crippen molar-refractivity contribution < 1.29 is 37.7 Å². The smallest absolute Gasteiger partial charge is 0.415 e. The fourth-order valence-electron chi connectivity index (χ4n) is 5.86. The quantitative estimate of drug-likeness (QED) is 0.110. The van der Waals surface area contributed by atoms with Gasteiger partial charge in [0.15, 0.2) is 17.6 Å². The van der Waals surface area contributed by atoms with Crippen molar-refractivity contribution in [1.29, 1.82) is 0 Å². The molecule has 1 aliphatic carbocycles.